The zero-order valence-electron chi connectivity index (χ0n) is 15.3. The Hall–Kier alpha value is -2.16. The number of anilines is 1. The summed E-state index contributed by atoms with van der Waals surface area (Å²) in [6.07, 6.45) is 1.01. The van der Waals surface area contributed by atoms with Crippen LogP contribution in [0, 0.1) is 0 Å². The van der Waals surface area contributed by atoms with E-state index >= 15 is 0 Å². The van der Waals surface area contributed by atoms with Crippen molar-refractivity contribution < 1.29 is 22.7 Å². The van der Waals surface area contributed by atoms with Crippen molar-refractivity contribution >= 4 is 44.8 Å². The molecule has 10 heteroatoms. The Morgan fingerprint density at radius 2 is 1.71 bits per heavy atom. The first kappa shape index (κ1) is 22.1. The highest BCUT2D eigenvalue weighted by Crippen LogP contribution is 2.28. The summed E-state index contributed by atoms with van der Waals surface area (Å²) in [5, 5.41) is 3.11. The summed E-state index contributed by atoms with van der Waals surface area (Å²) in [7, 11) is -2.12. The molecule has 0 atom stereocenters. The molecule has 2 aromatic carbocycles. The normalized spacial score (nSPS) is 11.0. The topological polar surface area (TPSA) is 84.9 Å². The third-order valence-electron chi connectivity index (χ3n) is 3.63. The third kappa shape index (κ3) is 6.47. The maximum absolute atomic E-state index is 12.2. The summed E-state index contributed by atoms with van der Waals surface area (Å²) in [4.78, 5) is 12.2. The lowest BCUT2D eigenvalue weighted by atomic mass is 10.3. The third-order valence-corrected chi connectivity index (χ3v) is 5.51. The van der Waals surface area contributed by atoms with Crippen molar-refractivity contribution in [3.05, 3.63) is 52.5 Å². The number of carbonyl (C=O) groups excluding carboxylic acids is 1. The van der Waals surface area contributed by atoms with Crippen molar-refractivity contribution in [3.8, 4) is 11.5 Å². The van der Waals surface area contributed by atoms with Gasteiger partial charge in [-0.05, 0) is 42.5 Å². The van der Waals surface area contributed by atoms with E-state index in [0.29, 0.717) is 16.5 Å². The fraction of sp³-hybridized carbons (Fsp3) is 0.278. The molecule has 1 amide bonds. The maximum Gasteiger partial charge on any atom is 0.240 e. The number of ether oxygens (including phenoxy) is 2. The number of amides is 1. The van der Waals surface area contributed by atoms with Crippen LogP contribution in [-0.2, 0) is 14.8 Å². The first-order valence-electron chi connectivity index (χ1n) is 8.17. The zero-order valence-corrected chi connectivity index (χ0v) is 17.6. The lowest BCUT2D eigenvalue weighted by Crippen LogP contribution is -2.41. The molecule has 0 radical (unpaired) electrons. The number of hydrogen-bond donors (Lipinski definition) is 1. The number of rotatable bonds is 9. The van der Waals surface area contributed by atoms with Gasteiger partial charge in [-0.2, -0.15) is 0 Å². The minimum Gasteiger partial charge on any atom is -0.497 e. The van der Waals surface area contributed by atoms with Crippen LogP contribution in [-0.4, -0.2) is 47.4 Å². The molecule has 2 aromatic rings. The van der Waals surface area contributed by atoms with Gasteiger partial charge in [0.05, 0.1) is 35.6 Å². The van der Waals surface area contributed by atoms with Gasteiger partial charge in [-0.15, -0.1) is 0 Å². The molecule has 7 nitrogen and oxygen atoms in total. The summed E-state index contributed by atoms with van der Waals surface area (Å²) < 4.78 is 35.7. The highest BCUT2D eigenvalue weighted by Gasteiger charge is 2.21. The monoisotopic (exact) mass is 446 g/mol. The molecule has 0 saturated carbocycles. The zero-order chi connectivity index (χ0) is 20.7. The summed E-state index contributed by atoms with van der Waals surface area (Å²) >= 11 is 11.8. The Bertz CT molecular complexity index is 920. The van der Waals surface area contributed by atoms with E-state index in [-0.39, 0.29) is 30.4 Å². The number of methoxy groups -OCH3 is 1. The number of sulfonamides is 1. The number of halogens is 2. The minimum absolute atomic E-state index is 0.195. The van der Waals surface area contributed by atoms with E-state index in [9.17, 15) is 13.2 Å². The number of carbonyl (C=O) groups is 1. The van der Waals surface area contributed by atoms with Crippen LogP contribution in [0.4, 0.5) is 5.69 Å². The number of nitrogens with zero attached hydrogens (tertiary/aromatic N) is 1. The average Bonchev–Trinajstić information content (AvgIpc) is 2.65. The van der Waals surface area contributed by atoms with E-state index in [1.54, 1.807) is 31.4 Å². The van der Waals surface area contributed by atoms with E-state index in [1.165, 1.54) is 18.2 Å². The number of benzene rings is 2. The van der Waals surface area contributed by atoms with Gasteiger partial charge >= 0.3 is 0 Å². The predicted molar refractivity (Wildman–Crippen MR) is 110 cm³/mol. The van der Waals surface area contributed by atoms with Crippen LogP contribution in [0.25, 0.3) is 0 Å². The van der Waals surface area contributed by atoms with E-state index in [1.807, 2.05) is 0 Å². The van der Waals surface area contributed by atoms with Gasteiger partial charge in [-0.3, -0.25) is 9.10 Å². The van der Waals surface area contributed by atoms with Crippen molar-refractivity contribution in [1.82, 2.24) is 5.32 Å². The lowest BCUT2D eigenvalue weighted by molar-refractivity contribution is -0.119. The molecule has 0 heterocycles. The second-order valence-corrected chi connectivity index (χ2v) is 8.46. The molecule has 0 aliphatic carbocycles. The smallest absolute Gasteiger partial charge is 0.240 e. The number of hydrogen-bond acceptors (Lipinski definition) is 5. The molecule has 0 fully saturated rings. The molecule has 2 rings (SSSR count). The molecule has 0 aromatic heterocycles. The van der Waals surface area contributed by atoms with Crippen LogP contribution in [0.2, 0.25) is 10.0 Å². The Morgan fingerprint density at radius 3 is 2.29 bits per heavy atom. The quantitative estimate of drug-likeness (QED) is 0.598. The molecule has 0 aliphatic rings. The second-order valence-electron chi connectivity index (χ2n) is 5.74. The van der Waals surface area contributed by atoms with Crippen LogP contribution in [0.3, 0.4) is 0 Å². The summed E-state index contributed by atoms with van der Waals surface area (Å²) in [5.74, 6) is 0.863. The molecule has 28 heavy (non-hydrogen) atoms. The van der Waals surface area contributed by atoms with Crippen LogP contribution < -0.4 is 19.1 Å². The Kier molecular flexibility index (Phi) is 7.79. The predicted octanol–water partition coefficient (Wildman–Crippen LogP) is 2.96. The molecule has 0 aliphatic heterocycles. The Balaban J connectivity index is 1.90. The van der Waals surface area contributed by atoms with E-state index in [0.717, 1.165) is 10.6 Å². The van der Waals surface area contributed by atoms with Gasteiger partial charge in [-0.25, -0.2) is 8.42 Å². The molecule has 0 unspecified atom stereocenters. The average molecular weight is 447 g/mol. The Labute approximate surface area is 174 Å². The van der Waals surface area contributed by atoms with Gasteiger partial charge in [0.15, 0.2) is 0 Å². The van der Waals surface area contributed by atoms with Gasteiger partial charge in [-0.1, -0.05) is 23.2 Å². The van der Waals surface area contributed by atoms with Crippen molar-refractivity contribution in [2.75, 3.05) is 37.4 Å². The fourth-order valence-electron chi connectivity index (χ4n) is 2.26. The van der Waals surface area contributed by atoms with Gasteiger partial charge in [0.2, 0.25) is 15.9 Å². The summed E-state index contributed by atoms with van der Waals surface area (Å²) in [6, 6.07) is 11.4. The lowest BCUT2D eigenvalue weighted by Gasteiger charge is -2.22. The van der Waals surface area contributed by atoms with Crippen molar-refractivity contribution in [1.29, 1.82) is 0 Å². The van der Waals surface area contributed by atoms with Crippen LogP contribution in [0.1, 0.15) is 0 Å². The van der Waals surface area contributed by atoms with Crippen LogP contribution in [0.5, 0.6) is 11.5 Å². The molecular weight excluding hydrogens is 427 g/mol. The SMILES string of the molecule is COc1ccc(OCCNC(=O)CN(c2ccc(Cl)c(Cl)c2)S(C)(=O)=O)cc1. The second kappa shape index (κ2) is 9.86. The van der Waals surface area contributed by atoms with Crippen LogP contribution in [0.15, 0.2) is 42.5 Å². The Morgan fingerprint density at radius 1 is 1.07 bits per heavy atom. The first-order valence-corrected chi connectivity index (χ1v) is 10.8. The molecular formula is C18H20Cl2N2O5S. The first-order chi connectivity index (χ1) is 13.2. The summed E-state index contributed by atoms with van der Waals surface area (Å²) in [6.45, 7) is 0.0485. The highest BCUT2D eigenvalue weighted by molar-refractivity contribution is 7.92. The van der Waals surface area contributed by atoms with Gasteiger partial charge in [0.1, 0.15) is 24.7 Å². The van der Waals surface area contributed by atoms with Crippen LogP contribution >= 0.6 is 23.2 Å². The van der Waals surface area contributed by atoms with E-state index in [2.05, 4.69) is 5.32 Å². The van der Waals surface area contributed by atoms with E-state index < -0.39 is 15.9 Å². The molecule has 0 saturated heterocycles. The largest absolute Gasteiger partial charge is 0.497 e. The maximum atomic E-state index is 12.2. The fourth-order valence-corrected chi connectivity index (χ4v) is 3.40. The standard InChI is InChI=1S/C18H20Cl2N2O5S/c1-26-14-4-6-15(7-5-14)27-10-9-21-18(23)12-22(28(2,24)25)13-3-8-16(19)17(20)11-13/h3-8,11H,9-10,12H2,1-2H3,(H,21,23). The van der Waals surface area contributed by atoms with Gasteiger partial charge < -0.3 is 14.8 Å². The summed E-state index contributed by atoms with van der Waals surface area (Å²) in [5.41, 5.74) is 0.251. The number of nitrogens with one attached hydrogen (secondary N) is 1. The molecule has 0 bridgehead atoms. The van der Waals surface area contributed by atoms with Crippen molar-refractivity contribution in [3.63, 3.8) is 0 Å². The van der Waals surface area contributed by atoms with Gasteiger partial charge in [0.25, 0.3) is 0 Å². The van der Waals surface area contributed by atoms with Crippen molar-refractivity contribution in [2.24, 2.45) is 0 Å². The van der Waals surface area contributed by atoms with Gasteiger partial charge in [0, 0.05) is 0 Å². The molecule has 1 N–H and O–H groups in total. The highest BCUT2D eigenvalue weighted by atomic mass is 35.5. The minimum atomic E-state index is -3.70. The van der Waals surface area contributed by atoms with Crippen molar-refractivity contribution in [2.45, 2.75) is 0 Å². The molecule has 152 valence electrons. The molecule has 0 spiro atoms. The van der Waals surface area contributed by atoms with E-state index in [4.69, 9.17) is 32.7 Å².